The maximum atomic E-state index is 13.3. The summed E-state index contributed by atoms with van der Waals surface area (Å²) in [4.78, 5) is 28.0. The molecule has 6 nitrogen and oxygen atoms in total. The molecule has 1 fully saturated rings. The van der Waals surface area contributed by atoms with Crippen molar-refractivity contribution in [1.29, 1.82) is 0 Å². The van der Waals surface area contributed by atoms with Gasteiger partial charge in [-0.1, -0.05) is 23.4 Å². The fourth-order valence-electron chi connectivity index (χ4n) is 3.21. The lowest BCUT2D eigenvalue weighted by Crippen LogP contribution is -2.38. The number of rotatable bonds is 4. The van der Waals surface area contributed by atoms with Gasteiger partial charge in [-0.25, -0.2) is 19.3 Å². The van der Waals surface area contributed by atoms with E-state index in [-0.39, 0.29) is 16.8 Å². The summed E-state index contributed by atoms with van der Waals surface area (Å²) in [5.74, 6) is 0.196. The van der Waals surface area contributed by atoms with Crippen LogP contribution in [0.25, 0.3) is 10.3 Å². The molecule has 0 radical (unpaired) electrons. The van der Waals surface area contributed by atoms with Crippen LogP contribution in [0.4, 0.5) is 15.9 Å². The van der Waals surface area contributed by atoms with E-state index in [1.165, 1.54) is 18.2 Å². The predicted molar refractivity (Wildman–Crippen MR) is 112 cm³/mol. The van der Waals surface area contributed by atoms with Gasteiger partial charge in [-0.2, -0.15) is 0 Å². The maximum Gasteiger partial charge on any atom is 0.227 e. The van der Waals surface area contributed by atoms with E-state index in [0.29, 0.717) is 24.2 Å². The highest BCUT2D eigenvalue weighted by atomic mass is 35.5. The van der Waals surface area contributed by atoms with Crippen LogP contribution < -0.4 is 10.2 Å². The van der Waals surface area contributed by atoms with E-state index < -0.39 is 5.82 Å². The van der Waals surface area contributed by atoms with E-state index in [9.17, 15) is 9.18 Å². The summed E-state index contributed by atoms with van der Waals surface area (Å²) in [7, 11) is 0. The zero-order chi connectivity index (χ0) is 19.7. The number of thiazole rings is 1. The van der Waals surface area contributed by atoms with Crippen LogP contribution in [0.15, 0.2) is 28.9 Å². The maximum absolute atomic E-state index is 13.3. The molecule has 3 aromatic rings. The Morgan fingerprint density at radius 2 is 2.14 bits per heavy atom. The minimum Gasteiger partial charge on any atom is -0.355 e. The number of aromatic nitrogens is 3. The number of halogens is 2. The van der Waals surface area contributed by atoms with Crippen LogP contribution >= 0.6 is 34.7 Å². The molecule has 0 saturated carbocycles. The van der Waals surface area contributed by atoms with Gasteiger partial charge in [-0.3, -0.25) is 4.79 Å². The van der Waals surface area contributed by atoms with E-state index in [1.54, 1.807) is 29.4 Å². The number of hydrogen-bond donors (Lipinski definition) is 1. The van der Waals surface area contributed by atoms with Crippen LogP contribution in [-0.4, -0.2) is 40.2 Å². The van der Waals surface area contributed by atoms with Gasteiger partial charge < -0.3 is 10.2 Å². The van der Waals surface area contributed by atoms with E-state index in [4.69, 9.17) is 11.6 Å². The molecule has 1 aromatic carbocycles. The number of fused-ring (bicyclic) bond motifs is 1. The van der Waals surface area contributed by atoms with Crippen LogP contribution in [0.1, 0.15) is 12.8 Å². The highest BCUT2D eigenvalue weighted by molar-refractivity contribution is 8.00. The second-order valence-electron chi connectivity index (χ2n) is 6.41. The monoisotopic (exact) mass is 437 g/mol. The molecule has 1 aliphatic rings. The van der Waals surface area contributed by atoms with Crippen molar-refractivity contribution in [1.82, 2.24) is 15.0 Å². The molecule has 146 valence electrons. The summed E-state index contributed by atoms with van der Waals surface area (Å²) < 4.78 is 15.2. The van der Waals surface area contributed by atoms with E-state index in [0.717, 1.165) is 27.9 Å². The van der Waals surface area contributed by atoms with E-state index >= 15 is 0 Å². The highest BCUT2D eigenvalue weighted by Gasteiger charge is 2.27. The summed E-state index contributed by atoms with van der Waals surface area (Å²) in [6.07, 6.45) is 4.95. The molecule has 0 aliphatic carbocycles. The van der Waals surface area contributed by atoms with Gasteiger partial charge in [0.05, 0.1) is 5.02 Å². The normalized spacial score (nSPS) is 15.2. The number of hydrogen-bond acceptors (Lipinski definition) is 7. The number of piperidine rings is 1. The van der Waals surface area contributed by atoms with Crippen LogP contribution in [0.2, 0.25) is 5.02 Å². The molecule has 1 saturated heterocycles. The Labute approximate surface area is 174 Å². The van der Waals surface area contributed by atoms with Crippen LogP contribution in [-0.2, 0) is 4.79 Å². The number of nitrogens with one attached hydrogen (secondary N) is 1. The van der Waals surface area contributed by atoms with Crippen molar-refractivity contribution in [2.45, 2.75) is 17.2 Å². The van der Waals surface area contributed by atoms with Gasteiger partial charge in [-0.15, -0.1) is 11.3 Å². The van der Waals surface area contributed by atoms with E-state index in [2.05, 4.69) is 25.2 Å². The lowest BCUT2D eigenvalue weighted by molar-refractivity contribution is -0.120. The molecule has 1 N–H and O–H groups in total. The number of thioether (sulfide) groups is 1. The molecule has 4 rings (SSSR count). The number of nitrogens with zero attached hydrogens (tertiary/aromatic N) is 4. The Hall–Kier alpha value is -1.97. The fourth-order valence-corrected chi connectivity index (χ4v) is 4.92. The van der Waals surface area contributed by atoms with Crippen molar-refractivity contribution >= 4 is 62.5 Å². The molecular weight excluding hydrogens is 421 g/mol. The first-order valence-corrected chi connectivity index (χ1v) is 11.1. The van der Waals surface area contributed by atoms with Crippen LogP contribution in [0.5, 0.6) is 0 Å². The number of benzene rings is 1. The first kappa shape index (κ1) is 19.4. The third-order valence-electron chi connectivity index (χ3n) is 4.68. The van der Waals surface area contributed by atoms with Crippen molar-refractivity contribution in [2.24, 2.45) is 5.92 Å². The zero-order valence-electron chi connectivity index (χ0n) is 15.0. The number of amides is 1. The minimum absolute atomic E-state index is 0.00503. The minimum atomic E-state index is -0.503. The van der Waals surface area contributed by atoms with Crippen LogP contribution in [0, 0.1) is 11.7 Å². The zero-order valence-corrected chi connectivity index (χ0v) is 17.4. The molecule has 1 aliphatic heterocycles. The van der Waals surface area contributed by atoms with E-state index in [1.807, 2.05) is 6.26 Å². The fraction of sp³-hybridized carbons (Fsp3) is 0.333. The lowest BCUT2D eigenvalue weighted by Gasteiger charge is -2.32. The molecule has 0 atom stereocenters. The second-order valence-corrected chi connectivity index (χ2v) is 8.87. The first-order chi connectivity index (χ1) is 13.5. The Bertz CT molecular complexity index is 1020. The molecular formula is C18H17ClFN5OS2. The molecule has 1 amide bonds. The van der Waals surface area contributed by atoms with Crippen molar-refractivity contribution in [3.8, 4) is 0 Å². The highest BCUT2D eigenvalue weighted by Crippen LogP contribution is 2.34. The Morgan fingerprint density at radius 3 is 2.86 bits per heavy atom. The average Bonchev–Trinajstić information content (AvgIpc) is 3.14. The molecule has 3 heterocycles. The number of carbonyl (C=O) groups excluding carboxylic acids is 1. The third kappa shape index (κ3) is 3.92. The van der Waals surface area contributed by atoms with Gasteiger partial charge in [0.2, 0.25) is 5.91 Å². The standard InChI is InChI=1S/C18H17ClFN5OS2/c1-27-18-24-15-14(28-18)16(22-9-21-15)25-6-4-10(5-7-25)17(26)23-11-2-3-13(20)12(19)8-11/h2-3,8-10H,4-7H2,1H3,(H,23,26). The second kappa shape index (κ2) is 8.18. The molecule has 0 spiro atoms. The van der Waals surface area contributed by atoms with Gasteiger partial charge in [0, 0.05) is 24.7 Å². The van der Waals surface area contributed by atoms with Gasteiger partial charge in [0.15, 0.2) is 15.8 Å². The SMILES string of the molecule is CSc1nc2ncnc(N3CCC(C(=O)Nc4ccc(F)c(Cl)c4)CC3)c2s1. The Morgan fingerprint density at radius 1 is 1.36 bits per heavy atom. The predicted octanol–water partition coefficient (Wildman–Crippen LogP) is 4.46. The van der Waals surface area contributed by atoms with Crippen molar-refractivity contribution < 1.29 is 9.18 Å². The molecule has 10 heteroatoms. The van der Waals surface area contributed by atoms with Gasteiger partial charge >= 0.3 is 0 Å². The summed E-state index contributed by atoms with van der Waals surface area (Å²) in [6.45, 7) is 1.45. The third-order valence-corrected chi connectivity index (χ3v) is 7.00. The molecule has 28 heavy (non-hydrogen) atoms. The van der Waals surface area contributed by atoms with Gasteiger partial charge in [0.1, 0.15) is 16.8 Å². The molecule has 0 unspecified atom stereocenters. The Balaban J connectivity index is 1.42. The van der Waals surface area contributed by atoms with Gasteiger partial charge in [-0.05, 0) is 37.3 Å². The van der Waals surface area contributed by atoms with Crippen LogP contribution in [0.3, 0.4) is 0 Å². The summed E-state index contributed by atoms with van der Waals surface area (Å²) >= 11 is 8.96. The first-order valence-electron chi connectivity index (χ1n) is 8.71. The summed E-state index contributed by atoms with van der Waals surface area (Å²) in [5.41, 5.74) is 1.22. The Kier molecular flexibility index (Phi) is 5.65. The largest absolute Gasteiger partial charge is 0.355 e. The van der Waals surface area contributed by atoms with Crippen molar-refractivity contribution in [3.63, 3.8) is 0 Å². The lowest BCUT2D eigenvalue weighted by atomic mass is 9.96. The van der Waals surface area contributed by atoms with Crippen molar-refractivity contribution in [3.05, 3.63) is 35.4 Å². The molecule has 2 aromatic heterocycles. The quantitative estimate of drug-likeness (QED) is 0.608. The van der Waals surface area contributed by atoms with Gasteiger partial charge in [0.25, 0.3) is 0 Å². The topological polar surface area (TPSA) is 71.0 Å². The van der Waals surface area contributed by atoms with Crippen molar-refractivity contribution in [2.75, 3.05) is 29.6 Å². The summed E-state index contributed by atoms with van der Waals surface area (Å²) in [5, 5.41) is 2.82. The number of anilines is 2. The summed E-state index contributed by atoms with van der Waals surface area (Å²) in [6, 6.07) is 4.19. The smallest absolute Gasteiger partial charge is 0.227 e. The molecule has 0 bridgehead atoms. The number of carbonyl (C=O) groups is 1. The average molecular weight is 438 g/mol.